The van der Waals surface area contributed by atoms with Crippen LogP contribution in [-0.2, 0) is 16.1 Å². The van der Waals surface area contributed by atoms with Gasteiger partial charge in [-0.15, -0.1) is 0 Å². The van der Waals surface area contributed by atoms with Gasteiger partial charge in [0.2, 0.25) is 5.91 Å². The molecule has 0 radical (unpaired) electrons. The molecule has 2 heterocycles. The number of Topliss-reactive ketones (excluding diaryl/α,β-unsaturated/α-hetero) is 1. The molecule has 1 N–H and O–H groups in total. The first kappa shape index (κ1) is 26.4. The van der Waals surface area contributed by atoms with Crippen LogP contribution in [0.3, 0.4) is 0 Å². The molecule has 1 aromatic carbocycles. The summed E-state index contributed by atoms with van der Waals surface area (Å²) in [6, 6.07) is 5.59. The van der Waals surface area contributed by atoms with Gasteiger partial charge >= 0.3 is 11.9 Å². The number of H-pyrrole nitrogens is 1. The molecule has 0 saturated heterocycles. The first-order valence-electron chi connectivity index (χ1n) is 10.7. The molecule has 0 saturated carbocycles. The summed E-state index contributed by atoms with van der Waals surface area (Å²) < 4.78 is 46.2. The van der Waals surface area contributed by atoms with Crippen molar-refractivity contribution in [3.63, 3.8) is 0 Å². The topological polar surface area (TPSA) is 123 Å². The van der Waals surface area contributed by atoms with Gasteiger partial charge in [0.25, 0.3) is 16.9 Å². The molecule has 0 fully saturated rings. The fourth-order valence-corrected chi connectivity index (χ4v) is 3.81. The maximum absolute atomic E-state index is 13.3. The molecular weight excluding hydrogens is 485 g/mol. The standard InChI is InChI=1S/C23H23F3N4O6/c1-12(2)18(19(32)23(24,25)26)30(13(3)31)29-10-9-16-17(21(29)34)27-22(35)28(20(16)33)11-14-5-7-15(36-4)8-6-14/h5-10,12,18H,11H2,1-4H3,(H,27,35). The van der Waals surface area contributed by atoms with Crippen LogP contribution in [0.1, 0.15) is 26.3 Å². The second kappa shape index (κ2) is 9.84. The third-order valence-electron chi connectivity index (χ3n) is 5.52. The number of carbonyl (C=O) groups excluding carboxylic acids is 2. The molecule has 1 amide bonds. The molecule has 192 valence electrons. The number of alkyl halides is 3. The summed E-state index contributed by atoms with van der Waals surface area (Å²) in [6.45, 7) is 3.34. The number of ketones is 1. The van der Waals surface area contributed by atoms with E-state index < -0.39 is 52.2 Å². The van der Waals surface area contributed by atoms with Crippen molar-refractivity contribution in [3.8, 4) is 5.75 Å². The van der Waals surface area contributed by atoms with Gasteiger partial charge in [0.15, 0.2) is 0 Å². The molecule has 3 rings (SSSR count). The quantitative estimate of drug-likeness (QED) is 0.517. The number of pyridine rings is 1. The number of ether oxygens (including phenoxy) is 1. The van der Waals surface area contributed by atoms with Crippen molar-refractivity contribution in [3.05, 3.63) is 73.3 Å². The first-order chi connectivity index (χ1) is 16.8. The molecule has 3 aromatic rings. The summed E-state index contributed by atoms with van der Waals surface area (Å²) in [6.07, 6.45) is -4.35. The van der Waals surface area contributed by atoms with Gasteiger partial charge in [-0.3, -0.25) is 23.7 Å². The van der Waals surface area contributed by atoms with E-state index in [0.717, 1.165) is 23.8 Å². The number of halogens is 3. The monoisotopic (exact) mass is 508 g/mol. The van der Waals surface area contributed by atoms with Gasteiger partial charge < -0.3 is 9.72 Å². The summed E-state index contributed by atoms with van der Waals surface area (Å²) in [5.41, 5.74) is -2.85. The van der Waals surface area contributed by atoms with Crippen molar-refractivity contribution in [2.75, 3.05) is 12.1 Å². The number of benzene rings is 1. The maximum atomic E-state index is 13.3. The highest BCUT2D eigenvalue weighted by Gasteiger charge is 2.48. The Morgan fingerprint density at radius 1 is 1.06 bits per heavy atom. The Morgan fingerprint density at radius 2 is 1.67 bits per heavy atom. The number of nitrogens with one attached hydrogen (secondary N) is 1. The van der Waals surface area contributed by atoms with E-state index >= 15 is 0 Å². The zero-order valence-electron chi connectivity index (χ0n) is 19.8. The van der Waals surface area contributed by atoms with E-state index in [1.54, 1.807) is 24.3 Å². The Morgan fingerprint density at radius 3 is 2.17 bits per heavy atom. The Labute approximate surface area is 201 Å². The highest BCUT2D eigenvalue weighted by atomic mass is 19.4. The number of hydrogen-bond donors (Lipinski definition) is 1. The molecule has 36 heavy (non-hydrogen) atoms. The summed E-state index contributed by atoms with van der Waals surface area (Å²) in [5, 5.41) is 0.153. The smallest absolute Gasteiger partial charge is 0.452 e. The van der Waals surface area contributed by atoms with E-state index in [4.69, 9.17) is 4.74 Å². The number of aromatic amines is 1. The van der Waals surface area contributed by atoms with Crippen LogP contribution in [0.25, 0.3) is 10.9 Å². The lowest BCUT2D eigenvalue weighted by Gasteiger charge is -2.33. The van der Waals surface area contributed by atoms with Crippen molar-refractivity contribution in [1.82, 2.24) is 14.2 Å². The SMILES string of the molecule is COc1ccc(Cn2c(=O)[nH]c3c(=O)n(N(C(C)=O)C(C(=O)C(F)(F)F)C(C)C)ccc3c2=O)cc1. The Hall–Kier alpha value is -4.16. The van der Waals surface area contributed by atoms with Crippen molar-refractivity contribution < 1.29 is 27.5 Å². The predicted octanol–water partition coefficient (Wildman–Crippen LogP) is 1.55. The molecule has 1 unspecified atom stereocenters. The third-order valence-corrected chi connectivity index (χ3v) is 5.52. The van der Waals surface area contributed by atoms with Gasteiger partial charge in [0, 0.05) is 13.1 Å². The minimum absolute atomic E-state index is 0.133. The summed E-state index contributed by atoms with van der Waals surface area (Å²) in [4.78, 5) is 65.6. The van der Waals surface area contributed by atoms with Crippen molar-refractivity contribution in [1.29, 1.82) is 0 Å². The Bertz CT molecular complexity index is 1490. The Balaban J connectivity index is 2.17. The Kier molecular flexibility index (Phi) is 7.22. The van der Waals surface area contributed by atoms with E-state index in [1.165, 1.54) is 21.0 Å². The number of hydrogen-bond acceptors (Lipinski definition) is 6. The summed E-state index contributed by atoms with van der Waals surface area (Å²) in [5.74, 6) is -3.70. The lowest BCUT2D eigenvalue weighted by molar-refractivity contribution is -0.174. The van der Waals surface area contributed by atoms with E-state index in [9.17, 15) is 37.1 Å². The third kappa shape index (κ3) is 4.95. The van der Waals surface area contributed by atoms with Crippen LogP contribution in [0.2, 0.25) is 0 Å². The van der Waals surface area contributed by atoms with E-state index in [0.29, 0.717) is 21.0 Å². The highest BCUT2D eigenvalue weighted by Crippen LogP contribution is 2.24. The molecule has 2 aromatic heterocycles. The summed E-state index contributed by atoms with van der Waals surface area (Å²) in [7, 11) is 1.48. The van der Waals surface area contributed by atoms with Gasteiger partial charge in [0.05, 0.1) is 19.0 Å². The zero-order valence-corrected chi connectivity index (χ0v) is 19.8. The van der Waals surface area contributed by atoms with Crippen LogP contribution in [0.4, 0.5) is 13.2 Å². The molecule has 0 bridgehead atoms. The number of nitrogens with zero attached hydrogens (tertiary/aromatic N) is 3. The number of amides is 1. The second-order valence-corrected chi connectivity index (χ2v) is 8.34. The van der Waals surface area contributed by atoms with Crippen LogP contribution in [0.15, 0.2) is 50.9 Å². The normalized spacial score (nSPS) is 12.6. The van der Waals surface area contributed by atoms with E-state index in [1.807, 2.05) is 0 Å². The molecule has 0 aliphatic carbocycles. The number of carbonyl (C=O) groups is 2. The largest absolute Gasteiger partial charge is 0.497 e. The molecule has 1 atom stereocenters. The fraction of sp³-hybridized carbons (Fsp3) is 0.348. The van der Waals surface area contributed by atoms with Gasteiger partial charge in [-0.25, -0.2) is 14.5 Å². The van der Waals surface area contributed by atoms with Crippen LogP contribution in [0.5, 0.6) is 5.75 Å². The predicted molar refractivity (Wildman–Crippen MR) is 124 cm³/mol. The average molecular weight is 508 g/mol. The molecular formula is C23H23F3N4O6. The van der Waals surface area contributed by atoms with Crippen molar-refractivity contribution in [2.45, 2.75) is 39.5 Å². The lowest BCUT2D eigenvalue weighted by Crippen LogP contribution is -2.59. The van der Waals surface area contributed by atoms with Gasteiger partial charge in [-0.1, -0.05) is 26.0 Å². The number of methoxy groups -OCH3 is 1. The lowest BCUT2D eigenvalue weighted by atomic mass is 9.98. The molecule has 13 heteroatoms. The fourth-order valence-electron chi connectivity index (χ4n) is 3.81. The molecule has 0 spiro atoms. The average Bonchev–Trinajstić information content (AvgIpc) is 2.80. The molecule has 0 aliphatic heterocycles. The van der Waals surface area contributed by atoms with Gasteiger partial charge in [-0.05, 0) is 29.7 Å². The number of fused-ring (bicyclic) bond motifs is 1. The minimum atomic E-state index is -5.27. The molecule has 10 nitrogen and oxygen atoms in total. The highest BCUT2D eigenvalue weighted by molar-refractivity contribution is 5.98. The van der Waals surface area contributed by atoms with Crippen LogP contribution in [0, 0.1) is 5.92 Å². The van der Waals surface area contributed by atoms with Crippen molar-refractivity contribution >= 4 is 22.6 Å². The van der Waals surface area contributed by atoms with Crippen molar-refractivity contribution in [2.24, 2.45) is 5.92 Å². The number of aromatic nitrogens is 3. The minimum Gasteiger partial charge on any atom is -0.497 e. The van der Waals surface area contributed by atoms with E-state index in [-0.39, 0.29) is 11.9 Å². The zero-order chi connectivity index (χ0) is 26.9. The first-order valence-corrected chi connectivity index (χ1v) is 10.7. The van der Waals surface area contributed by atoms with Crippen LogP contribution in [-0.4, -0.2) is 45.2 Å². The maximum Gasteiger partial charge on any atom is 0.452 e. The van der Waals surface area contributed by atoms with Gasteiger partial charge in [0.1, 0.15) is 17.3 Å². The van der Waals surface area contributed by atoms with Gasteiger partial charge in [-0.2, -0.15) is 13.2 Å². The van der Waals surface area contributed by atoms with Crippen LogP contribution < -0.4 is 26.6 Å². The van der Waals surface area contributed by atoms with Crippen LogP contribution >= 0.6 is 0 Å². The second-order valence-electron chi connectivity index (χ2n) is 8.34. The molecule has 0 aliphatic rings. The number of rotatable bonds is 7. The summed E-state index contributed by atoms with van der Waals surface area (Å²) >= 11 is 0. The van der Waals surface area contributed by atoms with E-state index in [2.05, 4.69) is 4.98 Å².